The number of alkyl halides is 3. The summed E-state index contributed by atoms with van der Waals surface area (Å²) in [5.41, 5.74) is 5.45. The van der Waals surface area contributed by atoms with Crippen LogP contribution in [0.25, 0.3) is 0 Å². The molecule has 1 heterocycles. The molecule has 0 atom stereocenters. The summed E-state index contributed by atoms with van der Waals surface area (Å²) in [7, 11) is 0. The van der Waals surface area contributed by atoms with Gasteiger partial charge in [-0.15, -0.1) is 0 Å². The number of aliphatic imine (C=N–C) groups is 1. The molecule has 0 aliphatic carbocycles. The Morgan fingerprint density at radius 1 is 1.33 bits per heavy atom. The lowest BCUT2D eigenvalue weighted by Gasteiger charge is -2.04. The predicted molar refractivity (Wildman–Crippen MR) is 38.9 cm³/mol. The molecular formula is C8H6F3N. The molecule has 4 heteroatoms. The molecule has 0 spiro atoms. The highest BCUT2D eigenvalue weighted by Crippen LogP contribution is 2.21. The van der Waals surface area contributed by atoms with Gasteiger partial charge in [0.05, 0.1) is 6.20 Å². The number of halogens is 3. The molecule has 0 unspecified atom stereocenters. The minimum atomic E-state index is -4.11. The maximum atomic E-state index is 11.7. The molecule has 0 saturated carbocycles. The molecule has 0 radical (unpaired) electrons. The summed E-state index contributed by atoms with van der Waals surface area (Å²) in [5, 5.41) is 0. The molecule has 12 heavy (non-hydrogen) atoms. The Balaban J connectivity index is 2.41. The van der Waals surface area contributed by atoms with Gasteiger partial charge in [-0.3, -0.25) is 4.99 Å². The van der Waals surface area contributed by atoms with E-state index in [0.717, 1.165) is 0 Å². The van der Waals surface area contributed by atoms with Crippen molar-refractivity contribution in [2.24, 2.45) is 4.99 Å². The summed E-state index contributed by atoms with van der Waals surface area (Å²) in [5.74, 6) is 0. The largest absolute Gasteiger partial charge is 0.389 e. The van der Waals surface area contributed by atoms with Crippen LogP contribution in [0, 0.1) is 0 Å². The zero-order valence-electron chi connectivity index (χ0n) is 6.15. The fourth-order valence-electron chi connectivity index (χ4n) is 0.721. The first-order chi connectivity index (χ1) is 5.58. The van der Waals surface area contributed by atoms with Gasteiger partial charge in [-0.05, 0) is 6.42 Å². The van der Waals surface area contributed by atoms with Crippen molar-refractivity contribution in [1.82, 2.24) is 0 Å². The van der Waals surface area contributed by atoms with Gasteiger partial charge in [0.1, 0.15) is 0 Å². The fraction of sp³-hybridized carbons (Fsp3) is 0.375. The molecule has 1 nitrogen and oxygen atoms in total. The monoisotopic (exact) mass is 173 g/mol. The summed E-state index contributed by atoms with van der Waals surface area (Å²) >= 11 is 0. The van der Waals surface area contributed by atoms with Crippen LogP contribution in [-0.4, -0.2) is 11.9 Å². The molecular weight excluding hydrogens is 167 g/mol. The number of allylic oxidation sites excluding steroid dienone is 1. The minimum absolute atomic E-state index is 0.0886. The molecule has 1 aliphatic rings. The molecule has 0 bridgehead atoms. The highest BCUT2D eigenvalue weighted by atomic mass is 19.4. The summed E-state index contributed by atoms with van der Waals surface area (Å²) in [6, 6.07) is 0. The molecule has 1 rings (SSSR count). The Morgan fingerprint density at radius 2 is 2.08 bits per heavy atom. The van der Waals surface area contributed by atoms with E-state index in [1.54, 1.807) is 0 Å². The molecule has 0 fully saturated rings. The Hall–Kier alpha value is -1.24. The summed E-state index contributed by atoms with van der Waals surface area (Å²) in [6.07, 6.45) is -2.31. The summed E-state index contributed by atoms with van der Waals surface area (Å²) in [4.78, 5) is 3.70. The Bertz CT molecular complexity index is 286. The standard InChI is InChI=1S/C8H6F3N/c9-8(10,11)5-4-7-3-1-2-6-12-7/h3,6H,4-5H2. The third-order valence-corrected chi connectivity index (χ3v) is 1.28. The van der Waals surface area contributed by atoms with Gasteiger partial charge in [-0.2, -0.15) is 13.2 Å². The third kappa shape index (κ3) is 3.24. The Morgan fingerprint density at radius 3 is 2.58 bits per heavy atom. The van der Waals surface area contributed by atoms with Crippen molar-refractivity contribution >= 4 is 5.71 Å². The number of nitrogens with zero attached hydrogens (tertiary/aromatic N) is 1. The Kier molecular flexibility index (Phi) is 2.54. The van der Waals surface area contributed by atoms with Crippen molar-refractivity contribution < 1.29 is 13.2 Å². The summed E-state index contributed by atoms with van der Waals surface area (Å²) in [6.45, 7) is 0. The van der Waals surface area contributed by atoms with E-state index < -0.39 is 12.6 Å². The maximum absolute atomic E-state index is 11.7. The zero-order valence-corrected chi connectivity index (χ0v) is 6.15. The van der Waals surface area contributed by atoms with Crippen LogP contribution in [0.5, 0.6) is 0 Å². The van der Waals surface area contributed by atoms with Gasteiger partial charge in [0, 0.05) is 18.2 Å². The molecule has 64 valence electrons. The molecule has 0 amide bonds. The predicted octanol–water partition coefficient (Wildman–Crippen LogP) is 2.61. The quantitative estimate of drug-likeness (QED) is 0.569. The second kappa shape index (κ2) is 3.44. The van der Waals surface area contributed by atoms with Crippen molar-refractivity contribution in [3.63, 3.8) is 0 Å². The summed E-state index contributed by atoms with van der Waals surface area (Å²) < 4.78 is 35.1. The number of hydrogen-bond acceptors (Lipinski definition) is 1. The van der Waals surface area contributed by atoms with E-state index in [1.165, 1.54) is 12.3 Å². The topological polar surface area (TPSA) is 12.4 Å². The second-order valence-electron chi connectivity index (χ2n) is 2.30. The van der Waals surface area contributed by atoms with Gasteiger partial charge in [-0.25, -0.2) is 0 Å². The van der Waals surface area contributed by atoms with Gasteiger partial charge in [-0.1, -0.05) is 11.5 Å². The van der Waals surface area contributed by atoms with Gasteiger partial charge in [0.15, 0.2) is 0 Å². The molecule has 0 aromatic carbocycles. The zero-order chi connectivity index (χ0) is 9.03. The first-order valence-electron chi connectivity index (χ1n) is 3.37. The van der Waals surface area contributed by atoms with E-state index in [2.05, 4.69) is 16.5 Å². The van der Waals surface area contributed by atoms with Crippen LogP contribution in [0.1, 0.15) is 12.8 Å². The molecule has 1 aliphatic heterocycles. The van der Waals surface area contributed by atoms with E-state index in [4.69, 9.17) is 0 Å². The maximum Gasteiger partial charge on any atom is 0.389 e. The van der Waals surface area contributed by atoms with Gasteiger partial charge < -0.3 is 0 Å². The molecule has 0 saturated heterocycles. The fourth-order valence-corrected chi connectivity index (χ4v) is 0.721. The average Bonchev–Trinajstić information content (AvgIpc) is 2.02. The first-order valence-corrected chi connectivity index (χ1v) is 3.37. The van der Waals surface area contributed by atoms with Gasteiger partial charge in [0.2, 0.25) is 0 Å². The highest BCUT2D eigenvalue weighted by Gasteiger charge is 2.26. The van der Waals surface area contributed by atoms with Gasteiger partial charge in [0.25, 0.3) is 0 Å². The normalized spacial score (nSPS) is 15.1. The van der Waals surface area contributed by atoms with Crippen LogP contribution < -0.4 is 0 Å². The van der Waals surface area contributed by atoms with E-state index in [0.29, 0.717) is 5.71 Å². The van der Waals surface area contributed by atoms with Crippen LogP contribution in [0.4, 0.5) is 13.2 Å². The highest BCUT2D eigenvalue weighted by molar-refractivity contribution is 5.95. The molecule has 0 aromatic rings. The minimum Gasteiger partial charge on any atom is -0.252 e. The Labute approximate surface area is 67.6 Å². The lowest BCUT2D eigenvalue weighted by molar-refractivity contribution is -0.132. The van der Waals surface area contributed by atoms with Crippen molar-refractivity contribution in [1.29, 1.82) is 0 Å². The van der Waals surface area contributed by atoms with Crippen LogP contribution in [-0.2, 0) is 0 Å². The van der Waals surface area contributed by atoms with Crippen molar-refractivity contribution in [3.8, 4) is 0 Å². The van der Waals surface area contributed by atoms with Crippen LogP contribution in [0.15, 0.2) is 28.7 Å². The average molecular weight is 173 g/mol. The second-order valence-corrected chi connectivity index (χ2v) is 2.30. The van der Waals surface area contributed by atoms with E-state index >= 15 is 0 Å². The van der Waals surface area contributed by atoms with Crippen molar-refractivity contribution in [3.05, 3.63) is 23.7 Å². The van der Waals surface area contributed by atoms with Crippen LogP contribution >= 0.6 is 0 Å². The molecule has 0 aromatic heterocycles. The van der Waals surface area contributed by atoms with Crippen molar-refractivity contribution in [2.45, 2.75) is 19.0 Å². The first kappa shape index (κ1) is 8.85. The van der Waals surface area contributed by atoms with E-state index in [1.807, 2.05) is 0 Å². The lowest BCUT2D eigenvalue weighted by Crippen LogP contribution is -2.09. The third-order valence-electron chi connectivity index (χ3n) is 1.28. The number of rotatable bonds is 2. The van der Waals surface area contributed by atoms with Crippen LogP contribution in [0.3, 0.4) is 0 Å². The van der Waals surface area contributed by atoms with Crippen LogP contribution in [0.2, 0.25) is 0 Å². The number of hydrogen-bond donors (Lipinski definition) is 0. The SMILES string of the molecule is FC(F)(F)CCC1=NC=C=C=C1. The van der Waals surface area contributed by atoms with E-state index in [9.17, 15) is 13.2 Å². The van der Waals surface area contributed by atoms with Gasteiger partial charge >= 0.3 is 6.18 Å². The lowest BCUT2D eigenvalue weighted by atomic mass is 10.2. The smallest absolute Gasteiger partial charge is 0.252 e. The van der Waals surface area contributed by atoms with Crippen molar-refractivity contribution in [2.75, 3.05) is 0 Å². The molecule has 0 N–H and O–H groups in total. The van der Waals surface area contributed by atoms with E-state index in [-0.39, 0.29) is 6.42 Å².